The predicted molar refractivity (Wildman–Crippen MR) is 139 cm³/mol. The molecule has 1 aromatic heterocycles. The highest BCUT2D eigenvalue weighted by atomic mass is 32.2. The van der Waals surface area contributed by atoms with Gasteiger partial charge in [0.05, 0.1) is 16.3 Å². The number of hydrogen-bond donors (Lipinski definition) is 1. The minimum atomic E-state index is -0.112. The van der Waals surface area contributed by atoms with Crippen LogP contribution in [-0.2, 0) is 11.2 Å². The molecule has 4 aromatic rings. The molecule has 164 valence electrons. The van der Waals surface area contributed by atoms with Crippen molar-refractivity contribution in [3.8, 4) is 5.69 Å². The van der Waals surface area contributed by atoms with Crippen LogP contribution in [0.1, 0.15) is 29.4 Å². The number of amides is 1. The van der Waals surface area contributed by atoms with Gasteiger partial charge in [0.2, 0.25) is 0 Å². The average molecular weight is 452 g/mol. The first-order chi connectivity index (χ1) is 16.0. The van der Waals surface area contributed by atoms with Crippen molar-refractivity contribution < 1.29 is 4.79 Å². The van der Waals surface area contributed by atoms with E-state index >= 15 is 0 Å². The normalized spacial score (nSPS) is 16.2. The lowest BCUT2D eigenvalue weighted by Crippen LogP contribution is -2.19. The van der Waals surface area contributed by atoms with Crippen molar-refractivity contribution >= 4 is 45.4 Å². The smallest absolute Gasteiger partial charge is 0.264 e. The van der Waals surface area contributed by atoms with E-state index in [0.717, 1.165) is 34.7 Å². The van der Waals surface area contributed by atoms with Crippen molar-refractivity contribution in [2.45, 2.75) is 27.2 Å². The molecule has 2 heterocycles. The summed E-state index contributed by atoms with van der Waals surface area (Å²) in [4.78, 5) is 17.9. The molecule has 0 aliphatic carbocycles. The minimum Gasteiger partial charge on any atom is -0.317 e. The Morgan fingerprint density at radius 1 is 1.00 bits per heavy atom. The van der Waals surface area contributed by atoms with Gasteiger partial charge in [0.15, 0.2) is 5.17 Å². The number of nitrogens with zero attached hydrogens (tertiary/aromatic N) is 2. The van der Waals surface area contributed by atoms with Crippen LogP contribution in [-0.4, -0.2) is 15.6 Å². The second-order valence-corrected chi connectivity index (χ2v) is 9.19. The van der Waals surface area contributed by atoms with Gasteiger partial charge in [-0.2, -0.15) is 0 Å². The van der Waals surface area contributed by atoms with Crippen LogP contribution >= 0.6 is 11.8 Å². The van der Waals surface area contributed by atoms with Crippen LogP contribution in [0.2, 0.25) is 0 Å². The summed E-state index contributed by atoms with van der Waals surface area (Å²) in [5.41, 5.74) is 6.52. The molecule has 1 aliphatic heterocycles. The fourth-order valence-electron chi connectivity index (χ4n) is 4.25. The topological polar surface area (TPSA) is 46.4 Å². The molecule has 1 aliphatic rings. The van der Waals surface area contributed by atoms with Crippen LogP contribution in [0.25, 0.3) is 22.5 Å². The first kappa shape index (κ1) is 21.3. The monoisotopic (exact) mass is 451 g/mol. The number of aromatic nitrogens is 1. The molecule has 1 N–H and O–H groups in total. The molecule has 5 heteroatoms. The van der Waals surface area contributed by atoms with Gasteiger partial charge in [-0.15, -0.1) is 0 Å². The number of nitrogens with one attached hydrogen (secondary N) is 1. The quantitative estimate of drug-likeness (QED) is 0.351. The van der Waals surface area contributed by atoms with Gasteiger partial charge in [-0.25, -0.2) is 4.99 Å². The molecular weight excluding hydrogens is 426 g/mol. The lowest BCUT2D eigenvalue weighted by Gasteiger charge is -2.13. The summed E-state index contributed by atoms with van der Waals surface area (Å²) in [7, 11) is 0. The van der Waals surface area contributed by atoms with Gasteiger partial charge < -0.3 is 9.88 Å². The van der Waals surface area contributed by atoms with Crippen molar-refractivity contribution in [1.82, 2.24) is 9.88 Å². The molecule has 1 amide bonds. The van der Waals surface area contributed by atoms with E-state index in [4.69, 9.17) is 0 Å². The zero-order valence-electron chi connectivity index (χ0n) is 18.9. The molecule has 0 spiro atoms. The summed E-state index contributed by atoms with van der Waals surface area (Å²) < 4.78 is 2.26. The predicted octanol–water partition coefficient (Wildman–Crippen LogP) is 6.70. The highest BCUT2D eigenvalue weighted by molar-refractivity contribution is 8.18. The molecule has 0 unspecified atom stereocenters. The molecule has 1 fully saturated rings. The molecule has 1 saturated heterocycles. The summed E-state index contributed by atoms with van der Waals surface area (Å²) in [5, 5.41) is 5.92. The number of aryl methyl sites for hydroxylation is 2. The number of carbonyl (C=O) groups is 1. The van der Waals surface area contributed by atoms with Crippen molar-refractivity contribution in [2.24, 2.45) is 4.99 Å². The third kappa shape index (κ3) is 4.12. The largest absolute Gasteiger partial charge is 0.317 e. The molecule has 0 radical (unpaired) electrons. The van der Waals surface area contributed by atoms with Gasteiger partial charge in [-0.3, -0.25) is 4.79 Å². The summed E-state index contributed by atoms with van der Waals surface area (Å²) in [5.74, 6) is -0.112. The molecule has 0 atom stereocenters. The highest BCUT2D eigenvalue weighted by Gasteiger charge is 2.24. The van der Waals surface area contributed by atoms with Crippen molar-refractivity contribution in [3.05, 3.63) is 100 Å². The standard InChI is InChI=1S/C28H25N3OS/c1-4-20-12-14-23(15-13-20)29-28-30-27(32)26(33-28)17-22-16-18(2)31(19(22)3)25-11-7-9-21-8-5-6-10-24(21)25/h5-17H,4H2,1-3H3,(H,29,30,32)/b26-17-. The summed E-state index contributed by atoms with van der Waals surface area (Å²) in [6.07, 6.45) is 2.96. The highest BCUT2D eigenvalue weighted by Crippen LogP contribution is 2.32. The average Bonchev–Trinajstić information content (AvgIpc) is 3.31. The fraction of sp³-hybridized carbons (Fsp3) is 0.143. The van der Waals surface area contributed by atoms with Crippen LogP contribution in [0.15, 0.2) is 82.7 Å². The van der Waals surface area contributed by atoms with E-state index in [1.54, 1.807) is 0 Å². The van der Waals surface area contributed by atoms with Gasteiger partial charge in [-0.1, -0.05) is 55.5 Å². The van der Waals surface area contributed by atoms with Crippen LogP contribution in [0.5, 0.6) is 0 Å². The lowest BCUT2D eigenvalue weighted by atomic mass is 10.1. The zero-order chi connectivity index (χ0) is 22.9. The molecule has 0 saturated carbocycles. The number of carbonyl (C=O) groups excluding carboxylic acids is 1. The van der Waals surface area contributed by atoms with Crippen LogP contribution in [0.4, 0.5) is 5.69 Å². The van der Waals surface area contributed by atoms with E-state index in [-0.39, 0.29) is 5.91 Å². The Morgan fingerprint density at radius 2 is 1.76 bits per heavy atom. The van der Waals surface area contributed by atoms with Gasteiger partial charge in [-0.05, 0) is 78.9 Å². The second-order valence-electron chi connectivity index (χ2n) is 8.16. The van der Waals surface area contributed by atoms with Crippen LogP contribution < -0.4 is 5.32 Å². The summed E-state index contributed by atoms with van der Waals surface area (Å²) >= 11 is 1.38. The van der Waals surface area contributed by atoms with Gasteiger partial charge in [0.1, 0.15) is 0 Å². The number of benzene rings is 3. The first-order valence-corrected chi connectivity index (χ1v) is 11.9. The third-order valence-corrected chi connectivity index (χ3v) is 6.90. The number of fused-ring (bicyclic) bond motifs is 1. The van der Waals surface area contributed by atoms with Gasteiger partial charge in [0, 0.05) is 16.8 Å². The van der Waals surface area contributed by atoms with Crippen molar-refractivity contribution in [3.63, 3.8) is 0 Å². The first-order valence-electron chi connectivity index (χ1n) is 11.1. The van der Waals surface area contributed by atoms with Crippen molar-refractivity contribution in [2.75, 3.05) is 0 Å². The number of thioether (sulfide) groups is 1. The van der Waals surface area contributed by atoms with Gasteiger partial charge >= 0.3 is 0 Å². The minimum absolute atomic E-state index is 0.112. The van der Waals surface area contributed by atoms with E-state index in [0.29, 0.717) is 10.1 Å². The Hall–Kier alpha value is -3.57. The number of amidine groups is 1. The van der Waals surface area contributed by atoms with Crippen molar-refractivity contribution in [1.29, 1.82) is 0 Å². The van der Waals surface area contributed by atoms with Crippen LogP contribution in [0, 0.1) is 13.8 Å². The summed E-state index contributed by atoms with van der Waals surface area (Å²) in [6, 6.07) is 25.0. The lowest BCUT2D eigenvalue weighted by molar-refractivity contribution is -0.115. The van der Waals surface area contributed by atoms with E-state index in [2.05, 4.69) is 96.3 Å². The molecule has 0 bridgehead atoms. The van der Waals surface area contributed by atoms with E-state index in [9.17, 15) is 4.79 Å². The summed E-state index contributed by atoms with van der Waals surface area (Å²) in [6.45, 7) is 6.33. The van der Waals surface area contributed by atoms with Crippen LogP contribution in [0.3, 0.4) is 0 Å². The molecule has 5 rings (SSSR count). The third-order valence-electron chi connectivity index (χ3n) is 5.99. The fourth-order valence-corrected chi connectivity index (χ4v) is 5.09. The van der Waals surface area contributed by atoms with Gasteiger partial charge in [0.25, 0.3) is 5.91 Å². The zero-order valence-corrected chi connectivity index (χ0v) is 19.7. The second kappa shape index (κ2) is 8.75. The Balaban J connectivity index is 1.47. The number of rotatable bonds is 4. The molecular formula is C28H25N3OS. The maximum Gasteiger partial charge on any atom is 0.264 e. The maximum absolute atomic E-state index is 12.6. The Labute approximate surface area is 198 Å². The Bertz CT molecular complexity index is 1420. The molecule has 3 aromatic carbocycles. The molecule has 4 nitrogen and oxygen atoms in total. The number of hydrogen-bond acceptors (Lipinski definition) is 3. The Kier molecular flexibility index (Phi) is 5.65. The maximum atomic E-state index is 12.6. The van der Waals surface area contributed by atoms with E-state index < -0.39 is 0 Å². The molecule has 33 heavy (non-hydrogen) atoms. The number of aliphatic imine (C=N–C) groups is 1. The Morgan fingerprint density at radius 3 is 2.55 bits per heavy atom. The SMILES string of the molecule is CCc1ccc(N=C2NC(=O)/C(=C/c3cc(C)n(-c4cccc5ccccc45)c3C)S2)cc1. The van der Waals surface area contributed by atoms with E-state index in [1.807, 2.05) is 18.2 Å². The van der Waals surface area contributed by atoms with E-state index in [1.165, 1.54) is 28.1 Å².